The van der Waals surface area contributed by atoms with Crippen LogP contribution in [0.15, 0.2) is 4.42 Å². The van der Waals surface area contributed by atoms with Crippen LogP contribution < -0.4 is 10.6 Å². The minimum Gasteiger partial charge on any atom is -0.407 e. The van der Waals surface area contributed by atoms with Gasteiger partial charge in [0.15, 0.2) is 0 Å². The van der Waals surface area contributed by atoms with Crippen molar-refractivity contribution in [2.45, 2.75) is 46.1 Å². The summed E-state index contributed by atoms with van der Waals surface area (Å²) in [6, 6.07) is 0.553. The molecule has 0 atom stereocenters. The number of anilines is 1. The lowest BCUT2D eigenvalue weighted by atomic mass is 9.67. The number of nitrogens with zero attached hydrogens (tertiary/aromatic N) is 2. The third kappa shape index (κ3) is 2.97. The molecule has 1 aromatic rings. The fraction of sp³-hybridized carbons (Fsp3) is 0.833. The Morgan fingerprint density at radius 2 is 2.12 bits per heavy atom. The number of hydrogen-bond acceptors (Lipinski definition) is 5. The van der Waals surface area contributed by atoms with Gasteiger partial charge in [0.25, 0.3) is 0 Å². The number of aromatic nitrogens is 2. The van der Waals surface area contributed by atoms with E-state index in [0.29, 0.717) is 23.9 Å². The predicted molar refractivity (Wildman–Crippen MR) is 66.7 cm³/mol. The summed E-state index contributed by atoms with van der Waals surface area (Å²) in [5, 5.41) is 14.4. The first-order chi connectivity index (χ1) is 8.28. The van der Waals surface area contributed by atoms with Crippen LogP contribution in [0.5, 0.6) is 0 Å². The van der Waals surface area contributed by atoms with Crippen molar-refractivity contribution >= 4 is 6.01 Å². The monoisotopic (exact) mass is 238 g/mol. The average Bonchev–Trinajstić information content (AvgIpc) is 2.74. The molecule has 5 nitrogen and oxygen atoms in total. The van der Waals surface area contributed by atoms with E-state index in [1.807, 2.05) is 0 Å². The third-order valence-corrected chi connectivity index (χ3v) is 3.77. The van der Waals surface area contributed by atoms with E-state index in [4.69, 9.17) is 4.42 Å². The second-order valence-electron chi connectivity index (χ2n) is 4.84. The van der Waals surface area contributed by atoms with Gasteiger partial charge in [0, 0.05) is 6.54 Å². The van der Waals surface area contributed by atoms with Crippen molar-refractivity contribution in [3.05, 3.63) is 5.89 Å². The zero-order valence-electron chi connectivity index (χ0n) is 10.8. The molecule has 0 unspecified atom stereocenters. The van der Waals surface area contributed by atoms with Crippen LogP contribution in [0.3, 0.4) is 0 Å². The Labute approximate surface area is 102 Å². The SMILES string of the molecule is CCNCc1nnc(NCC2(CC)CCC2)o1. The summed E-state index contributed by atoms with van der Waals surface area (Å²) in [5.41, 5.74) is 0.469. The summed E-state index contributed by atoms with van der Waals surface area (Å²) in [5.74, 6) is 0.647. The zero-order chi connectivity index (χ0) is 12.1. The summed E-state index contributed by atoms with van der Waals surface area (Å²) in [7, 11) is 0. The minimum atomic E-state index is 0.469. The molecule has 0 aromatic carbocycles. The first kappa shape index (κ1) is 12.4. The topological polar surface area (TPSA) is 63.0 Å². The Morgan fingerprint density at radius 1 is 1.29 bits per heavy atom. The van der Waals surface area contributed by atoms with Gasteiger partial charge in [-0.25, -0.2) is 0 Å². The molecule has 2 rings (SSSR count). The fourth-order valence-electron chi connectivity index (χ4n) is 2.22. The van der Waals surface area contributed by atoms with E-state index >= 15 is 0 Å². The van der Waals surface area contributed by atoms with Gasteiger partial charge in [0.1, 0.15) is 0 Å². The van der Waals surface area contributed by atoms with E-state index in [2.05, 4.69) is 34.7 Å². The lowest BCUT2D eigenvalue weighted by molar-refractivity contribution is 0.144. The first-order valence-corrected chi connectivity index (χ1v) is 6.55. The van der Waals surface area contributed by atoms with E-state index < -0.39 is 0 Å². The van der Waals surface area contributed by atoms with Crippen molar-refractivity contribution < 1.29 is 4.42 Å². The van der Waals surface area contributed by atoms with Crippen molar-refractivity contribution in [1.82, 2.24) is 15.5 Å². The Hall–Kier alpha value is -1.10. The average molecular weight is 238 g/mol. The summed E-state index contributed by atoms with van der Waals surface area (Å²) in [6.45, 7) is 6.81. The van der Waals surface area contributed by atoms with Gasteiger partial charge in [-0.05, 0) is 31.2 Å². The lowest BCUT2D eigenvalue weighted by Gasteiger charge is -2.41. The zero-order valence-corrected chi connectivity index (χ0v) is 10.8. The Morgan fingerprint density at radius 3 is 2.71 bits per heavy atom. The van der Waals surface area contributed by atoms with Gasteiger partial charge in [-0.15, -0.1) is 5.10 Å². The van der Waals surface area contributed by atoms with Crippen LogP contribution in [-0.2, 0) is 6.54 Å². The minimum absolute atomic E-state index is 0.469. The molecule has 1 heterocycles. The van der Waals surface area contributed by atoms with Crippen molar-refractivity contribution in [1.29, 1.82) is 0 Å². The second-order valence-corrected chi connectivity index (χ2v) is 4.84. The smallest absolute Gasteiger partial charge is 0.315 e. The van der Waals surface area contributed by atoms with Crippen molar-refractivity contribution in [2.24, 2.45) is 5.41 Å². The van der Waals surface area contributed by atoms with Gasteiger partial charge in [-0.1, -0.05) is 25.4 Å². The highest BCUT2D eigenvalue weighted by Crippen LogP contribution is 2.43. The molecule has 5 heteroatoms. The molecule has 0 spiro atoms. The van der Waals surface area contributed by atoms with Crippen molar-refractivity contribution in [2.75, 3.05) is 18.4 Å². The summed E-state index contributed by atoms with van der Waals surface area (Å²) in [4.78, 5) is 0. The van der Waals surface area contributed by atoms with Gasteiger partial charge < -0.3 is 15.1 Å². The van der Waals surface area contributed by atoms with Crippen molar-refractivity contribution in [3.63, 3.8) is 0 Å². The Balaban J connectivity index is 1.80. The van der Waals surface area contributed by atoms with Crippen molar-refractivity contribution in [3.8, 4) is 0 Å². The molecular formula is C12H22N4O. The molecule has 1 aliphatic rings. The van der Waals surface area contributed by atoms with E-state index in [9.17, 15) is 0 Å². The largest absolute Gasteiger partial charge is 0.407 e. The molecule has 0 bridgehead atoms. The van der Waals surface area contributed by atoms with E-state index in [1.165, 1.54) is 25.7 Å². The molecule has 1 fully saturated rings. The van der Waals surface area contributed by atoms with Gasteiger partial charge in [-0.2, -0.15) is 0 Å². The standard InChI is InChI=1S/C12H22N4O/c1-3-12(6-5-7-12)9-14-11-16-15-10(17-11)8-13-4-2/h13H,3-9H2,1-2H3,(H,14,16). The van der Waals surface area contributed by atoms with Gasteiger partial charge in [0.2, 0.25) is 5.89 Å². The highest BCUT2D eigenvalue weighted by molar-refractivity contribution is 5.18. The Kier molecular flexibility index (Phi) is 3.99. The highest BCUT2D eigenvalue weighted by atomic mass is 16.4. The highest BCUT2D eigenvalue weighted by Gasteiger charge is 2.35. The molecular weight excluding hydrogens is 216 g/mol. The van der Waals surface area contributed by atoms with Crippen LogP contribution >= 0.6 is 0 Å². The van der Waals surface area contributed by atoms with Crippen LogP contribution in [0.4, 0.5) is 6.01 Å². The Bertz CT molecular complexity index is 341. The summed E-state index contributed by atoms with van der Waals surface area (Å²) < 4.78 is 5.50. The second kappa shape index (κ2) is 5.49. The van der Waals surface area contributed by atoms with Crippen LogP contribution in [0.2, 0.25) is 0 Å². The maximum atomic E-state index is 5.50. The van der Waals surface area contributed by atoms with E-state index in [1.54, 1.807) is 0 Å². The quantitative estimate of drug-likeness (QED) is 0.762. The van der Waals surface area contributed by atoms with Crippen LogP contribution in [0.25, 0.3) is 0 Å². The molecule has 1 saturated carbocycles. The number of hydrogen-bond donors (Lipinski definition) is 2. The van der Waals surface area contributed by atoms with Gasteiger partial charge in [-0.3, -0.25) is 0 Å². The molecule has 17 heavy (non-hydrogen) atoms. The molecule has 1 aromatic heterocycles. The van der Waals surface area contributed by atoms with Crippen LogP contribution in [-0.4, -0.2) is 23.3 Å². The van der Waals surface area contributed by atoms with Crippen LogP contribution in [0, 0.1) is 5.41 Å². The van der Waals surface area contributed by atoms with E-state index in [0.717, 1.165) is 13.1 Å². The summed E-state index contributed by atoms with van der Waals surface area (Å²) in [6.07, 6.45) is 5.20. The first-order valence-electron chi connectivity index (χ1n) is 6.55. The maximum Gasteiger partial charge on any atom is 0.315 e. The maximum absolute atomic E-state index is 5.50. The normalized spacial score (nSPS) is 17.8. The molecule has 1 aliphatic carbocycles. The molecule has 2 N–H and O–H groups in total. The lowest BCUT2D eigenvalue weighted by Crippen LogP contribution is -2.35. The number of rotatable bonds is 7. The van der Waals surface area contributed by atoms with Gasteiger partial charge in [0.05, 0.1) is 6.54 Å². The fourth-order valence-corrected chi connectivity index (χ4v) is 2.22. The molecule has 0 saturated heterocycles. The predicted octanol–water partition coefficient (Wildman–Crippen LogP) is 2.17. The van der Waals surface area contributed by atoms with Gasteiger partial charge >= 0.3 is 6.01 Å². The van der Waals surface area contributed by atoms with E-state index in [-0.39, 0.29) is 0 Å². The molecule has 0 amide bonds. The molecule has 0 radical (unpaired) electrons. The molecule has 96 valence electrons. The number of nitrogens with one attached hydrogen (secondary N) is 2. The third-order valence-electron chi connectivity index (χ3n) is 3.77. The molecule has 0 aliphatic heterocycles. The van der Waals surface area contributed by atoms with Crippen LogP contribution in [0.1, 0.15) is 45.4 Å². The summed E-state index contributed by atoms with van der Waals surface area (Å²) >= 11 is 0.